The number of hydrogen-bond acceptors (Lipinski definition) is 3. The summed E-state index contributed by atoms with van der Waals surface area (Å²) in [5.41, 5.74) is 0. The minimum absolute atomic E-state index is 0.189. The molecule has 0 radical (unpaired) electrons. The van der Waals surface area contributed by atoms with E-state index in [1.807, 2.05) is 48.2 Å². The third kappa shape index (κ3) is 1.80. The molecule has 2 fully saturated rings. The number of thioether (sulfide) groups is 1. The molecule has 2 heterocycles. The van der Waals surface area contributed by atoms with E-state index in [1.165, 1.54) is 0 Å². The Kier molecular flexibility index (Phi) is 2.84. The molecule has 2 saturated heterocycles. The SMILES string of the molecule is O=S(=O)(c1cccc2ccccc12)N1CC2CC1CS2. The Morgan fingerprint density at radius 3 is 2.65 bits per heavy atom. The van der Waals surface area contributed by atoms with E-state index in [4.69, 9.17) is 0 Å². The predicted octanol–water partition coefficient (Wildman–Crippen LogP) is 2.72. The summed E-state index contributed by atoms with van der Waals surface area (Å²) in [5, 5.41) is 2.29. The van der Waals surface area contributed by atoms with Gasteiger partial charge in [-0.15, -0.1) is 0 Å². The van der Waals surface area contributed by atoms with Crippen LogP contribution in [-0.2, 0) is 10.0 Å². The molecule has 20 heavy (non-hydrogen) atoms. The molecule has 104 valence electrons. The highest BCUT2D eigenvalue weighted by Crippen LogP contribution is 2.41. The first-order valence-corrected chi connectivity index (χ1v) is 9.26. The number of hydrogen-bond donors (Lipinski definition) is 0. The lowest BCUT2D eigenvalue weighted by molar-refractivity contribution is 0.410. The van der Waals surface area contributed by atoms with Crippen molar-refractivity contribution in [3.05, 3.63) is 42.5 Å². The fourth-order valence-corrected chi connectivity index (χ4v) is 6.73. The molecule has 0 aromatic heterocycles. The number of sulfonamides is 1. The molecular formula is C15H15NO2S2. The van der Waals surface area contributed by atoms with E-state index in [9.17, 15) is 8.42 Å². The molecule has 2 atom stereocenters. The first-order valence-electron chi connectivity index (χ1n) is 6.77. The lowest BCUT2D eigenvalue weighted by Crippen LogP contribution is -2.39. The van der Waals surface area contributed by atoms with Gasteiger partial charge in [-0.25, -0.2) is 8.42 Å². The Morgan fingerprint density at radius 2 is 1.90 bits per heavy atom. The number of rotatable bonds is 2. The van der Waals surface area contributed by atoms with Crippen molar-refractivity contribution >= 4 is 32.6 Å². The Labute approximate surface area is 123 Å². The van der Waals surface area contributed by atoms with Gasteiger partial charge in [0.2, 0.25) is 10.0 Å². The van der Waals surface area contributed by atoms with Crippen LogP contribution >= 0.6 is 11.8 Å². The Hall–Kier alpha value is -1.04. The van der Waals surface area contributed by atoms with Gasteiger partial charge in [0.1, 0.15) is 0 Å². The minimum atomic E-state index is -3.38. The van der Waals surface area contributed by atoms with Crippen molar-refractivity contribution in [2.24, 2.45) is 0 Å². The van der Waals surface area contributed by atoms with Crippen molar-refractivity contribution in [1.82, 2.24) is 4.31 Å². The third-order valence-corrected chi connectivity index (χ3v) is 7.55. The molecule has 0 amide bonds. The maximum atomic E-state index is 13.0. The Bertz CT molecular complexity index is 767. The van der Waals surface area contributed by atoms with Crippen LogP contribution in [0.25, 0.3) is 10.8 Å². The summed E-state index contributed by atoms with van der Waals surface area (Å²) in [4.78, 5) is 0.452. The molecule has 2 aliphatic rings. The lowest BCUT2D eigenvalue weighted by atomic mass is 10.1. The Balaban J connectivity index is 1.86. The van der Waals surface area contributed by atoms with Crippen molar-refractivity contribution < 1.29 is 8.42 Å². The summed E-state index contributed by atoms with van der Waals surface area (Å²) >= 11 is 1.90. The van der Waals surface area contributed by atoms with Crippen LogP contribution in [0.3, 0.4) is 0 Å². The standard InChI is InChI=1S/C15H15NO2S2/c17-20(18,16-9-13-8-12(16)10-19-13)15-7-3-5-11-4-1-2-6-14(11)15/h1-7,12-13H,8-10H2. The number of benzene rings is 2. The summed E-state index contributed by atoms with van der Waals surface area (Å²) in [6.07, 6.45) is 1.01. The van der Waals surface area contributed by atoms with E-state index in [0.717, 1.165) is 22.9 Å². The summed E-state index contributed by atoms with van der Waals surface area (Å²) in [6, 6.07) is 13.4. The lowest BCUT2D eigenvalue weighted by Gasteiger charge is -2.26. The summed E-state index contributed by atoms with van der Waals surface area (Å²) in [7, 11) is -3.38. The molecule has 3 nitrogen and oxygen atoms in total. The second kappa shape index (κ2) is 4.48. The van der Waals surface area contributed by atoms with E-state index in [0.29, 0.717) is 16.7 Å². The zero-order valence-corrected chi connectivity index (χ0v) is 12.5. The van der Waals surface area contributed by atoms with E-state index >= 15 is 0 Å². The smallest absolute Gasteiger partial charge is 0.207 e. The zero-order valence-electron chi connectivity index (χ0n) is 10.9. The molecule has 2 unspecified atom stereocenters. The van der Waals surface area contributed by atoms with Crippen LogP contribution in [0.5, 0.6) is 0 Å². The second-order valence-electron chi connectivity index (χ2n) is 5.40. The molecular weight excluding hydrogens is 290 g/mol. The molecule has 2 aromatic carbocycles. The highest BCUT2D eigenvalue weighted by atomic mass is 32.2. The maximum Gasteiger partial charge on any atom is 0.244 e. The largest absolute Gasteiger partial charge is 0.244 e. The van der Waals surface area contributed by atoms with Gasteiger partial charge >= 0.3 is 0 Å². The third-order valence-electron chi connectivity index (χ3n) is 4.19. The van der Waals surface area contributed by atoms with Crippen LogP contribution in [0.4, 0.5) is 0 Å². The van der Waals surface area contributed by atoms with Gasteiger partial charge in [0, 0.05) is 29.0 Å². The number of fused-ring (bicyclic) bond motifs is 3. The van der Waals surface area contributed by atoms with Gasteiger partial charge < -0.3 is 0 Å². The molecule has 0 aliphatic carbocycles. The van der Waals surface area contributed by atoms with E-state index in [2.05, 4.69) is 0 Å². The fourth-order valence-electron chi connectivity index (χ4n) is 3.21. The van der Waals surface area contributed by atoms with Crippen LogP contribution in [0.15, 0.2) is 47.4 Å². The number of nitrogens with zero attached hydrogens (tertiary/aromatic N) is 1. The highest BCUT2D eigenvalue weighted by Gasteiger charge is 2.45. The quantitative estimate of drug-likeness (QED) is 0.856. The molecule has 0 spiro atoms. The fraction of sp³-hybridized carbons (Fsp3) is 0.333. The summed E-state index contributed by atoms with van der Waals surface area (Å²) in [6.45, 7) is 0.668. The average molecular weight is 305 g/mol. The van der Waals surface area contributed by atoms with Crippen molar-refractivity contribution in [3.8, 4) is 0 Å². The molecule has 0 N–H and O–H groups in total. The molecule has 2 aliphatic heterocycles. The van der Waals surface area contributed by atoms with Crippen molar-refractivity contribution in [3.63, 3.8) is 0 Å². The van der Waals surface area contributed by atoms with E-state index < -0.39 is 10.0 Å². The first kappa shape index (κ1) is 12.7. The van der Waals surface area contributed by atoms with Crippen molar-refractivity contribution in [1.29, 1.82) is 0 Å². The monoisotopic (exact) mass is 305 g/mol. The zero-order chi connectivity index (χ0) is 13.7. The van der Waals surface area contributed by atoms with Gasteiger partial charge in [-0.1, -0.05) is 36.4 Å². The van der Waals surface area contributed by atoms with E-state index in [-0.39, 0.29) is 6.04 Å². The second-order valence-corrected chi connectivity index (χ2v) is 8.59. The first-order chi connectivity index (χ1) is 9.66. The van der Waals surface area contributed by atoms with Crippen LogP contribution in [0, 0.1) is 0 Å². The summed E-state index contributed by atoms with van der Waals surface area (Å²) < 4.78 is 27.6. The average Bonchev–Trinajstić information content (AvgIpc) is 3.09. The van der Waals surface area contributed by atoms with Crippen LogP contribution in [0.1, 0.15) is 6.42 Å². The van der Waals surface area contributed by atoms with Gasteiger partial charge in [0.15, 0.2) is 0 Å². The van der Waals surface area contributed by atoms with Crippen LogP contribution in [-0.4, -0.2) is 36.3 Å². The molecule has 4 rings (SSSR count). The van der Waals surface area contributed by atoms with Crippen molar-refractivity contribution in [2.45, 2.75) is 22.6 Å². The van der Waals surface area contributed by atoms with Crippen molar-refractivity contribution in [2.75, 3.05) is 12.3 Å². The Morgan fingerprint density at radius 1 is 1.10 bits per heavy atom. The van der Waals surface area contributed by atoms with E-state index in [1.54, 1.807) is 10.4 Å². The predicted molar refractivity (Wildman–Crippen MR) is 82.5 cm³/mol. The summed E-state index contributed by atoms with van der Waals surface area (Å²) in [5.74, 6) is 0.939. The maximum absolute atomic E-state index is 13.0. The van der Waals surface area contributed by atoms with Gasteiger partial charge in [-0.2, -0.15) is 16.1 Å². The van der Waals surface area contributed by atoms with Crippen LogP contribution in [0.2, 0.25) is 0 Å². The van der Waals surface area contributed by atoms with Gasteiger partial charge in [-0.05, 0) is 17.9 Å². The van der Waals surface area contributed by atoms with Gasteiger partial charge in [-0.3, -0.25) is 0 Å². The highest BCUT2D eigenvalue weighted by molar-refractivity contribution is 8.00. The van der Waals surface area contributed by atoms with Gasteiger partial charge in [0.05, 0.1) is 4.90 Å². The normalized spacial score (nSPS) is 26.4. The molecule has 2 aromatic rings. The van der Waals surface area contributed by atoms with Gasteiger partial charge in [0.25, 0.3) is 0 Å². The topological polar surface area (TPSA) is 37.4 Å². The van der Waals surface area contributed by atoms with Crippen LogP contribution < -0.4 is 0 Å². The molecule has 0 saturated carbocycles. The molecule has 5 heteroatoms. The molecule has 2 bridgehead atoms. The minimum Gasteiger partial charge on any atom is -0.207 e.